The smallest absolute Gasteiger partial charge is 0.338 e. The molecule has 3 aromatic rings. The van der Waals surface area contributed by atoms with E-state index >= 15 is 0 Å². The van der Waals surface area contributed by atoms with E-state index in [1.165, 1.54) is 12.3 Å². The number of carboxylic acid groups (broad SMARTS) is 1. The number of ether oxygens (including phenoxy) is 1. The standard InChI is InChI=1S/C15H11NO4/c17-15(18)11-7-12(19-8-11)9-20-13-5-1-3-10-4-2-6-16-14(10)13/h1-8H,9H2,(H,17,18). The van der Waals surface area contributed by atoms with E-state index in [0.29, 0.717) is 11.5 Å². The van der Waals surface area contributed by atoms with Crippen LogP contribution in [0.2, 0.25) is 0 Å². The van der Waals surface area contributed by atoms with E-state index < -0.39 is 5.97 Å². The summed E-state index contributed by atoms with van der Waals surface area (Å²) in [7, 11) is 0. The Morgan fingerprint density at radius 1 is 1.30 bits per heavy atom. The SMILES string of the molecule is O=C(O)c1coc(COc2cccc3cccnc23)c1. The van der Waals surface area contributed by atoms with Crippen LogP contribution in [0.5, 0.6) is 5.75 Å². The zero-order valence-electron chi connectivity index (χ0n) is 10.4. The number of hydrogen-bond donors (Lipinski definition) is 1. The third-order valence-corrected chi connectivity index (χ3v) is 2.87. The van der Waals surface area contributed by atoms with Crippen molar-refractivity contribution in [3.63, 3.8) is 0 Å². The van der Waals surface area contributed by atoms with Gasteiger partial charge in [0.1, 0.15) is 29.9 Å². The molecule has 5 nitrogen and oxygen atoms in total. The molecule has 1 N–H and O–H groups in total. The molecule has 5 heteroatoms. The van der Waals surface area contributed by atoms with Gasteiger partial charge in [-0.1, -0.05) is 18.2 Å². The van der Waals surface area contributed by atoms with E-state index in [1.54, 1.807) is 6.20 Å². The molecule has 3 rings (SSSR count). The van der Waals surface area contributed by atoms with Crippen LogP contribution in [0, 0.1) is 0 Å². The number of nitrogens with zero attached hydrogens (tertiary/aromatic N) is 1. The molecule has 2 aromatic heterocycles. The van der Waals surface area contributed by atoms with Crippen LogP contribution in [0.1, 0.15) is 16.1 Å². The molecular weight excluding hydrogens is 258 g/mol. The van der Waals surface area contributed by atoms with Crippen LogP contribution < -0.4 is 4.74 Å². The molecule has 0 unspecified atom stereocenters. The van der Waals surface area contributed by atoms with Crippen LogP contribution in [0.4, 0.5) is 0 Å². The van der Waals surface area contributed by atoms with E-state index in [9.17, 15) is 4.79 Å². The normalized spacial score (nSPS) is 10.6. The number of fused-ring (bicyclic) bond motifs is 1. The fourth-order valence-electron chi connectivity index (χ4n) is 1.91. The summed E-state index contributed by atoms with van der Waals surface area (Å²) in [5.41, 5.74) is 0.875. The van der Waals surface area contributed by atoms with Gasteiger partial charge in [-0.2, -0.15) is 0 Å². The lowest BCUT2D eigenvalue weighted by Gasteiger charge is -2.06. The lowest BCUT2D eigenvalue weighted by molar-refractivity contribution is 0.0696. The summed E-state index contributed by atoms with van der Waals surface area (Å²) in [5, 5.41) is 9.80. The summed E-state index contributed by atoms with van der Waals surface area (Å²) >= 11 is 0. The average Bonchev–Trinajstić information content (AvgIpc) is 2.94. The van der Waals surface area contributed by atoms with E-state index in [0.717, 1.165) is 10.9 Å². The van der Waals surface area contributed by atoms with Crippen LogP contribution in [-0.2, 0) is 6.61 Å². The van der Waals surface area contributed by atoms with Gasteiger partial charge in [-0.3, -0.25) is 4.98 Å². The number of aromatic carboxylic acids is 1. The number of furan rings is 1. The molecule has 0 radical (unpaired) electrons. The lowest BCUT2D eigenvalue weighted by Crippen LogP contribution is -1.96. The van der Waals surface area contributed by atoms with Crippen molar-refractivity contribution < 1.29 is 19.1 Å². The van der Waals surface area contributed by atoms with Gasteiger partial charge < -0.3 is 14.3 Å². The minimum atomic E-state index is -1.02. The predicted molar refractivity (Wildman–Crippen MR) is 71.7 cm³/mol. The Kier molecular flexibility index (Phi) is 3.09. The van der Waals surface area contributed by atoms with Gasteiger partial charge in [0.05, 0.1) is 5.56 Å². The summed E-state index contributed by atoms with van der Waals surface area (Å²) in [6, 6.07) is 10.9. The Morgan fingerprint density at radius 2 is 2.15 bits per heavy atom. The molecule has 100 valence electrons. The van der Waals surface area contributed by atoms with Crippen molar-refractivity contribution in [2.75, 3.05) is 0 Å². The van der Waals surface area contributed by atoms with Crippen LogP contribution in [0.3, 0.4) is 0 Å². The third kappa shape index (κ3) is 2.33. The molecule has 1 aromatic carbocycles. The maximum atomic E-state index is 10.8. The first kappa shape index (κ1) is 12.2. The van der Waals surface area contributed by atoms with Crippen LogP contribution in [-0.4, -0.2) is 16.1 Å². The number of benzene rings is 1. The molecular formula is C15H11NO4. The number of carboxylic acids is 1. The minimum Gasteiger partial charge on any atom is -0.483 e. The van der Waals surface area contributed by atoms with Crippen molar-refractivity contribution in [2.24, 2.45) is 0 Å². The number of hydrogen-bond acceptors (Lipinski definition) is 4. The minimum absolute atomic E-state index is 0.111. The highest BCUT2D eigenvalue weighted by molar-refractivity contribution is 5.87. The number of rotatable bonds is 4. The van der Waals surface area contributed by atoms with Crippen LogP contribution in [0.15, 0.2) is 53.3 Å². The molecule has 0 aliphatic rings. The van der Waals surface area contributed by atoms with Gasteiger partial charge in [0.15, 0.2) is 0 Å². The molecule has 0 spiro atoms. The second-order valence-electron chi connectivity index (χ2n) is 4.23. The monoisotopic (exact) mass is 269 g/mol. The van der Waals surface area contributed by atoms with Crippen molar-refractivity contribution in [3.05, 3.63) is 60.2 Å². The van der Waals surface area contributed by atoms with Crippen LogP contribution in [0.25, 0.3) is 10.9 Å². The highest BCUT2D eigenvalue weighted by Gasteiger charge is 2.09. The fourth-order valence-corrected chi connectivity index (χ4v) is 1.91. The second-order valence-corrected chi connectivity index (χ2v) is 4.23. The molecule has 0 fully saturated rings. The molecule has 0 atom stereocenters. The van der Waals surface area contributed by atoms with Gasteiger partial charge in [-0.05, 0) is 18.2 Å². The van der Waals surface area contributed by atoms with E-state index in [4.69, 9.17) is 14.3 Å². The van der Waals surface area contributed by atoms with Gasteiger partial charge in [-0.15, -0.1) is 0 Å². The number of pyridine rings is 1. The second kappa shape index (κ2) is 5.05. The molecule has 2 heterocycles. The zero-order chi connectivity index (χ0) is 13.9. The molecule has 0 amide bonds. The quantitative estimate of drug-likeness (QED) is 0.787. The molecule has 0 aliphatic heterocycles. The Labute approximate surface area is 114 Å². The highest BCUT2D eigenvalue weighted by Crippen LogP contribution is 2.24. The van der Waals surface area contributed by atoms with Gasteiger partial charge in [0, 0.05) is 11.6 Å². The van der Waals surface area contributed by atoms with Crippen molar-refractivity contribution in [1.82, 2.24) is 4.98 Å². The van der Waals surface area contributed by atoms with Gasteiger partial charge in [0.2, 0.25) is 0 Å². The van der Waals surface area contributed by atoms with Crippen molar-refractivity contribution in [3.8, 4) is 5.75 Å². The van der Waals surface area contributed by atoms with Crippen molar-refractivity contribution in [2.45, 2.75) is 6.61 Å². The topological polar surface area (TPSA) is 72.6 Å². The summed E-state index contributed by atoms with van der Waals surface area (Å²) in [4.78, 5) is 15.0. The summed E-state index contributed by atoms with van der Waals surface area (Å²) in [6.45, 7) is 0.156. The maximum Gasteiger partial charge on any atom is 0.338 e. The third-order valence-electron chi connectivity index (χ3n) is 2.87. The first-order chi connectivity index (χ1) is 9.74. The van der Waals surface area contributed by atoms with Crippen molar-refractivity contribution in [1.29, 1.82) is 0 Å². The molecule has 0 aliphatic carbocycles. The maximum absolute atomic E-state index is 10.8. The zero-order valence-corrected chi connectivity index (χ0v) is 10.4. The number of carbonyl (C=O) groups is 1. The first-order valence-corrected chi connectivity index (χ1v) is 6.01. The van der Waals surface area contributed by atoms with Gasteiger partial charge in [-0.25, -0.2) is 4.79 Å². The van der Waals surface area contributed by atoms with Crippen LogP contribution >= 0.6 is 0 Å². The highest BCUT2D eigenvalue weighted by atomic mass is 16.5. The lowest BCUT2D eigenvalue weighted by atomic mass is 10.2. The largest absolute Gasteiger partial charge is 0.483 e. The first-order valence-electron chi connectivity index (χ1n) is 6.01. The van der Waals surface area contributed by atoms with Gasteiger partial charge >= 0.3 is 5.97 Å². The Hall–Kier alpha value is -2.82. The number of para-hydroxylation sites is 1. The molecule has 0 bridgehead atoms. The van der Waals surface area contributed by atoms with Crippen molar-refractivity contribution >= 4 is 16.9 Å². The molecule has 0 saturated heterocycles. The Balaban J connectivity index is 1.81. The van der Waals surface area contributed by atoms with E-state index in [1.807, 2.05) is 30.3 Å². The van der Waals surface area contributed by atoms with Gasteiger partial charge in [0.25, 0.3) is 0 Å². The molecule has 0 saturated carbocycles. The summed E-state index contributed by atoms with van der Waals surface area (Å²) in [5.74, 6) is 0.0681. The number of aromatic nitrogens is 1. The predicted octanol–water partition coefficient (Wildman–Crippen LogP) is 3.11. The van der Waals surface area contributed by atoms with E-state index in [-0.39, 0.29) is 12.2 Å². The van der Waals surface area contributed by atoms with E-state index in [2.05, 4.69) is 4.98 Å². The summed E-state index contributed by atoms with van der Waals surface area (Å²) in [6.07, 6.45) is 2.90. The Morgan fingerprint density at radius 3 is 2.95 bits per heavy atom. The summed E-state index contributed by atoms with van der Waals surface area (Å²) < 4.78 is 10.8. The average molecular weight is 269 g/mol. The molecule has 20 heavy (non-hydrogen) atoms. The Bertz CT molecular complexity index is 758. The fraction of sp³-hybridized carbons (Fsp3) is 0.0667.